The lowest BCUT2D eigenvalue weighted by molar-refractivity contribution is 0.0368. The van der Waals surface area contributed by atoms with Crippen LogP contribution >= 0.6 is 0 Å². The number of rotatable bonds is 6. The van der Waals surface area contributed by atoms with Crippen LogP contribution in [0.2, 0.25) is 0 Å². The second-order valence-corrected chi connectivity index (χ2v) is 6.22. The molecule has 0 radical (unpaired) electrons. The Morgan fingerprint density at radius 2 is 1.85 bits per heavy atom. The summed E-state index contributed by atoms with van der Waals surface area (Å²) in [7, 11) is 3.91. The third-order valence-corrected chi connectivity index (χ3v) is 3.12. The predicted molar refractivity (Wildman–Crippen MR) is 83.2 cm³/mol. The molecule has 0 heterocycles. The van der Waals surface area contributed by atoms with Crippen LogP contribution in [-0.4, -0.2) is 37.3 Å². The van der Waals surface area contributed by atoms with E-state index in [0.717, 1.165) is 5.69 Å². The van der Waals surface area contributed by atoms with Gasteiger partial charge in [-0.05, 0) is 43.5 Å². The summed E-state index contributed by atoms with van der Waals surface area (Å²) < 4.78 is 0. The van der Waals surface area contributed by atoms with Crippen LogP contribution in [0, 0.1) is 5.92 Å². The molecule has 0 spiro atoms. The lowest BCUT2D eigenvalue weighted by atomic mass is 9.94. The van der Waals surface area contributed by atoms with Crippen molar-refractivity contribution in [2.45, 2.75) is 32.8 Å². The smallest absolute Gasteiger partial charge is 0.251 e. The number of aliphatic hydroxyl groups is 1. The number of anilines is 1. The van der Waals surface area contributed by atoms with Crippen LogP contribution in [0.15, 0.2) is 24.3 Å². The monoisotopic (exact) mass is 278 g/mol. The second-order valence-electron chi connectivity index (χ2n) is 6.22. The van der Waals surface area contributed by atoms with Gasteiger partial charge >= 0.3 is 0 Å². The van der Waals surface area contributed by atoms with Gasteiger partial charge in [0, 0.05) is 31.9 Å². The van der Waals surface area contributed by atoms with Gasteiger partial charge in [-0.3, -0.25) is 4.79 Å². The lowest BCUT2D eigenvalue weighted by Gasteiger charge is -2.25. The molecule has 0 aliphatic carbocycles. The van der Waals surface area contributed by atoms with E-state index < -0.39 is 5.60 Å². The second kappa shape index (κ2) is 6.75. The molecule has 0 aliphatic rings. The van der Waals surface area contributed by atoms with Gasteiger partial charge in [0.25, 0.3) is 5.91 Å². The summed E-state index contributed by atoms with van der Waals surface area (Å²) in [5.41, 5.74) is 0.789. The maximum Gasteiger partial charge on any atom is 0.251 e. The van der Waals surface area contributed by atoms with Crippen molar-refractivity contribution < 1.29 is 9.90 Å². The van der Waals surface area contributed by atoms with E-state index in [-0.39, 0.29) is 12.5 Å². The van der Waals surface area contributed by atoms with Crippen LogP contribution < -0.4 is 10.2 Å². The zero-order valence-electron chi connectivity index (χ0n) is 13.1. The highest BCUT2D eigenvalue weighted by Gasteiger charge is 2.22. The average Bonchev–Trinajstić information content (AvgIpc) is 2.34. The highest BCUT2D eigenvalue weighted by atomic mass is 16.3. The molecule has 0 saturated heterocycles. The summed E-state index contributed by atoms with van der Waals surface area (Å²) in [6, 6.07) is 7.39. The minimum Gasteiger partial charge on any atom is -0.388 e. The molecule has 20 heavy (non-hydrogen) atoms. The fraction of sp³-hybridized carbons (Fsp3) is 0.562. The van der Waals surface area contributed by atoms with Crippen LogP contribution in [-0.2, 0) is 0 Å². The van der Waals surface area contributed by atoms with E-state index in [9.17, 15) is 9.90 Å². The summed E-state index contributed by atoms with van der Waals surface area (Å²) in [4.78, 5) is 14.0. The number of carbonyl (C=O) groups excluding carboxylic acids is 1. The number of benzene rings is 1. The van der Waals surface area contributed by atoms with Gasteiger partial charge in [-0.15, -0.1) is 0 Å². The van der Waals surface area contributed by atoms with Crippen molar-refractivity contribution in [1.29, 1.82) is 0 Å². The topological polar surface area (TPSA) is 52.6 Å². The molecule has 1 amide bonds. The van der Waals surface area contributed by atoms with Crippen molar-refractivity contribution in [2.24, 2.45) is 5.92 Å². The van der Waals surface area contributed by atoms with Crippen molar-refractivity contribution in [3.63, 3.8) is 0 Å². The van der Waals surface area contributed by atoms with E-state index in [0.29, 0.717) is 17.9 Å². The maximum atomic E-state index is 12.0. The third-order valence-electron chi connectivity index (χ3n) is 3.12. The van der Waals surface area contributed by atoms with E-state index in [1.54, 1.807) is 19.1 Å². The number of nitrogens with zero attached hydrogens (tertiary/aromatic N) is 1. The zero-order valence-corrected chi connectivity index (χ0v) is 13.1. The first-order valence-electron chi connectivity index (χ1n) is 6.99. The standard InChI is InChI=1S/C16H26N2O2/c1-12(2)10-16(3,20)11-17-15(19)13-6-8-14(9-7-13)18(4)5/h6-9,12,20H,10-11H2,1-5H3,(H,17,19). The van der Waals surface area contributed by atoms with Gasteiger partial charge < -0.3 is 15.3 Å². The van der Waals surface area contributed by atoms with Crippen LogP contribution in [0.5, 0.6) is 0 Å². The molecular formula is C16H26N2O2. The van der Waals surface area contributed by atoms with Crippen molar-refractivity contribution in [1.82, 2.24) is 5.32 Å². The third kappa shape index (κ3) is 5.21. The predicted octanol–water partition coefficient (Wildman–Crippen LogP) is 2.28. The fourth-order valence-corrected chi connectivity index (χ4v) is 2.24. The normalized spacial score (nSPS) is 13.9. The van der Waals surface area contributed by atoms with Gasteiger partial charge in [-0.25, -0.2) is 0 Å². The zero-order chi connectivity index (χ0) is 15.3. The minimum atomic E-state index is -0.868. The Balaban J connectivity index is 2.58. The van der Waals surface area contributed by atoms with Gasteiger partial charge in [0.1, 0.15) is 0 Å². The van der Waals surface area contributed by atoms with E-state index in [1.165, 1.54) is 0 Å². The first kappa shape index (κ1) is 16.5. The van der Waals surface area contributed by atoms with Crippen molar-refractivity contribution >= 4 is 11.6 Å². The Bertz CT molecular complexity index is 436. The summed E-state index contributed by atoms with van der Waals surface area (Å²) in [5, 5.41) is 13.0. The number of nitrogens with one attached hydrogen (secondary N) is 1. The fourth-order valence-electron chi connectivity index (χ4n) is 2.24. The maximum absolute atomic E-state index is 12.0. The largest absolute Gasteiger partial charge is 0.388 e. The SMILES string of the molecule is CC(C)CC(C)(O)CNC(=O)c1ccc(N(C)C)cc1. The minimum absolute atomic E-state index is 0.153. The molecule has 1 rings (SSSR count). The number of carbonyl (C=O) groups is 1. The molecule has 4 heteroatoms. The Morgan fingerprint density at radius 1 is 1.30 bits per heavy atom. The molecule has 2 N–H and O–H groups in total. The molecule has 1 atom stereocenters. The molecule has 4 nitrogen and oxygen atoms in total. The summed E-state index contributed by atoms with van der Waals surface area (Å²) in [6.07, 6.45) is 0.660. The lowest BCUT2D eigenvalue weighted by Crippen LogP contribution is -2.41. The van der Waals surface area contributed by atoms with Crippen molar-refractivity contribution in [3.05, 3.63) is 29.8 Å². The van der Waals surface area contributed by atoms with Gasteiger partial charge in [-0.1, -0.05) is 13.8 Å². The van der Waals surface area contributed by atoms with E-state index in [4.69, 9.17) is 0 Å². The van der Waals surface area contributed by atoms with Gasteiger partial charge in [-0.2, -0.15) is 0 Å². The highest BCUT2D eigenvalue weighted by Crippen LogP contribution is 2.16. The van der Waals surface area contributed by atoms with Crippen LogP contribution in [0.25, 0.3) is 0 Å². The molecule has 0 saturated carbocycles. The van der Waals surface area contributed by atoms with Gasteiger partial charge in [0.15, 0.2) is 0 Å². The van der Waals surface area contributed by atoms with Crippen LogP contribution in [0.4, 0.5) is 5.69 Å². The Morgan fingerprint density at radius 3 is 2.30 bits per heavy atom. The van der Waals surface area contributed by atoms with Crippen molar-refractivity contribution in [2.75, 3.05) is 25.5 Å². The van der Waals surface area contributed by atoms with E-state index >= 15 is 0 Å². The summed E-state index contributed by atoms with van der Waals surface area (Å²) in [6.45, 7) is 6.12. The Hall–Kier alpha value is -1.55. The molecule has 0 aromatic heterocycles. The van der Waals surface area contributed by atoms with Crippen LogP contribution in [0.3, 0.4) is 0 Å². The summed E-state index contributed by atoms with van der Waals surface area (Å²) in [5.74, 6) is 0.237. The Labute approximate surface area is 121 Å². The highest BCUT2D eigenvalue weighted by molar-refractivity contribution is 5.94. The van der Waals surface area contributed by atoms with E-state index in [2.05, 4.69) is 19.2 Å². The molecule has 1 aromatic carbocycles. The van der Waals surface area contributed by atoms with E-state index in [1.807, 2.05) is 31.1 Å². The first-order valence-corrected chi connectivity index (χ1v) is 6.99. The molecule has 0 aliphatic heterocycles. The average molecular weight is 278 g/mol. The van der Waals surface area contributed by atoms with Crippen LogP contribution in [0.1, 0.15) is 37.6 Å². The molecule has 0 bridgehead atoms. The molecule has 112 valence electrons. The Kier molecular flexibility index (Phi) is 5.57. The number of hydrogen-bond acceptors (Lipinski definition) is 3. The quantitative estimate of drug-likeness (QED) is 0.839. The number of amides is 1. The summed E-state index contributed by atoms with van der Waals surface area (Å²) >= 11 is 0. The molecule has 1 unspecified atom stereocenters. The van der Waals surface area contributed by atoms with Gasteiger partial charge in [0.2, 0.25) is 0 Å². The van der Waals surface area contributed by atoms with Crippen molar-refractivity contribution in [3.8, 4) is 0 Å². The number of hydrogen-bond donors (Lipinski definition) is 2. The first-order chi connectivity index (χ1) is 9.21. The molecular weight excluding hydrogens is 252 g/mol. The van der Waals surface area contributed by atoms with Gasteiger partial charge in [0.05, 0.1) is 5.60 Å². The molecule has 0 fully saturated rings. The molecule has 1 aromatic rings.